The largest absolute Gasteiger partial charge is 0.349 e. The summed E-state index contributed by atoms with van der Waals surface area (Å²) in [5.74, 6) is 0. The number of nitrogens with zero attached hydrogens (tertiary/aromatic N) is 2. The highest BCUT2D eigenvalue weighted by Crippen LogP contribution is 2.14. The van der Waals surface area contributed by atoms with E-state index < -0.39 is 0 Å². The Morgan fingerprint density at radius 2 is 2.33 bits per heavy atom. The van der Waals surface area contributed by atoms with Crippen LogP contribution in [-0.4, -0.2) is 9.55 Å². The first-order chi connectivity index (χ1) is 5.81. The van der Waals surface area contributed by atoms with E-state index >= 15 is 0 Å². The highest BCUT2D eigenvalue weighted by molar-refractivity contribution is 5.79. The van der Waals surface area contributed by atoms with Gasteiger partial charge in [-0.1, -0.05) is 6.92 Å². The summed E-state index contributed by atoms with van der Waals surface area (Å²) in [6, 6.07) is 4.27. The van der Waals surface area contributed by atoms with Crippen molar-refractivity contribution in [2.45, 2.75) is 13.3 Å². The van der Waals surface area contributed by atoms with Gasteiger partial charge in [-0.2, -0.15) is 0 Å². The van der Waals surface area contributed by atoms with Crippen LogP contribution in [0.3, 0.4) is 0 Å². The van der Waals surface area contributed by atoms with Crippen molar-refractivity contribution in [2.24, 2.45) is 7.05 Å². The second-order valence-corrected chi connectivity index (χ2v) is 3.01. The average molecular weight is 160 g/mol. The molecule has 0 fully saturated rings. The fraction of sp³-hybridized carbons (Fsp3) is 0.300. The van der Waals surface area contributed by atoms with Crippen molar-refractivity contribution in [3.05, 3.63) is 30.2 Å². The zero-order valence-corrected chi connectivity index (χ0v) is 7.41. The van der Waals surface area contributed by atoms with Crippen LogP contribution in [0, 0.1) is 0 Å². The van der Waals surface area contributed by atoms with Crippen molar-refractivity contribution in [1.82, 2.24) is 9.55 Å². The predicted molar refractivity (Wildman–Crippen MR) is 50.1 cm³/mol. The summed E-state index contributed by atoms with van der Waals surface area (Å²) >= 11 is 0. The lowest BCUT2D eigenvalue weighted by molar-refractivity contribution is 0.959. The number of aromatic nitrogens is 2. The minimum atomic E-state index is 1.00. The third-order valence-corrected chi connectivity index (χ3v) is 2.19. The van der Waals surface area contributed by atoms with Crippen molar-refractivity contribution in [2.75, 3.05) is 0 Å². The van der Waals surface area contributed by atoms with Crippen molar-refractivity contribution in [3.8, 4) is 0 Å². The van der Waals surface area contributed by atoms with Crippen LogP contribution in [0.1, 0.15) is 12.6 Å². The van der Waals surface area contributed by atoms with E-state index in [1.54, 1.807) is 0 Å². The summed E-state index contributed by atoms with van der Waals surface area (Å²) in [6.45, 7) is 2.12. The van der Waals surface area contributed by atoms with Crippen LogP contribution in [0.2, 0.25) is 0 Å². The van der Waals surface area contributed by atoms with Crippen molar-refractivity contribution in [3.63, 3.8) is 0 Å². The summed E-state index contributed by atoms with van der Waals surface area (Å²) in [4.78, 5) is 4.34. The lowest BCUT2D eigenvalue weighted by atomic mass is 10.2. The molecular weight excluding hydrogens is 148 g/mol. The van der Waals surface area contributed by atoms with Gasteiger partial charge in [-0.25, -0.2) is 0 Å². The molecule has 0 spiro atoms. The highest BCUT2D eigenvalue weighted by Gasteiger charge is 1.98. The van der Waals surface area contributed by atoms with Gasteiger partial charge in [0, 0.05) is 24.3 Å². The van der Waals surface area contributed by atoms with Gasteiger partial charge in [0.05, 0.1) is 11.7 Å². The lowest BCUT2D eigenvalue weighted by Gasteiger charge is -1.97. The Morgan fingerprint density at radius 3 is 3.08 bits per heavy atom. The van der Waals surface area contributed by atoms with Gasteiger partial charge in [0.15, 0.2) is 0 Å². The van der Waals surface area contributed by atoms with E-state index in [9.17, 15) is 0 Å². The van der Waals surface area contributed by atoms with Gasteiger partial charge in [0.25, 0.3) is 0 Å². The first-order valence-corrected chi connectivity index (χ1v) is 4.21. The van der Waals surface area contributed by atoms with E-state index in [2.05, 4.69) is 34.8 Å². The number of rotatable bonds is 1. The molecule has 0 amide bonds. The van der Waals surface area contributed by atoms with Gasteiger partial charge < -0.3 is 4.57 Å². The maximum absolute atomic E-state index is 4.34. The average Bonchev–Trinajstić information content (AvgIpc) is 2.47. The van der Waals surface area contributed by atoms with Gasteiger partial charge in [-0.05, 0) is 18.6 Å². The van der Waals surface area contributed by atoms with E-state index in [1.165, 1.54) is 10.9 Å². The molecule has 12 heavy (non-hydrogen) atoms. The van der Waals surface area contributed by atoms with Gasteiger partial charge in [-0.3, -0.25) is 4.98 Å². The number of fused-ring (bicyclic) bond motifs is 1. The van der Waals surface area contributed by atoms with Gasteiger partial charge in [-0.15, -0.1) is 0 Å². The lowest BCUT2D eigenvalue weighted by Crippen LogP contribution is -1.88. The molecule has 0 atom stereocenters. The summed E-state index contributed by atoms with van der Waals surface area (Å²) in [7, 11) is 2.04. The molecule has 0 saturated heterocycles. The minimum absolute atomic E-state index is 1.00. The van der Waals surface area contributed by atoms with Crippen LogP contribution in [0.5, 0.6) is 0 Å². The normalized spacial score (nSPS) is 10.8. The number of pyridine rings is 1. The molecule has 0 unspecified atom stereocenters. The molecule has 0 saturated carbocycles. The predicted octanol–water partition coefficient (Wildman–Crippen LogP) is 2.14. The molecule has 2 aromatic heterocycles. The topological polar surface area (TPSA) is 17.8 Å². The Balaban J connectivity index is 2.69. The first-order valence-electron chi connectivity index (χ1n) is 4.21. The molecule has 0 aliphatic rings. The fourth-order valence-corrected chi connectivity index (χ4v) is 1.40. The zero-order chi connectivity index (χ0) is 8.55. The maximum atomic E-state index is 4.34. The van der Waals surface area contributed by atoms with E-state index in [0.29, 0.717) is 0 Å². The van der Waals surface area contributed by atoms with Gasteiger partial charge in [0.1, 0.15) is 0 Å². The van der Waals surface area contributed by atoms with Crippen LogP contribution < -0.4 is 0 Å². The van der Waals surface area contributed by atoms with Crippen LogP contribution in [0.25, 0.3) is 10.9 Å². The molecule has 0 N–H and O–H groups in total. The van der Waals surface area contributed by atoms with Crippen LogP contribution in [0.4, 0.5) is 0 Å². The summed E-state index contributed by atoms with van der Waals surface area (Å²) in [5, 5.41) is 1.28. The monoisotopic (exact) mass is 160 g/mol. The Labute approximate surface area is 71.8 Å². The van der Waals surface area contributed by atoms with E-state index in [-0.39, 0.29) is 0 Å². The Kier molecular flexibility index (Phi) is 1.61. The number of hydrogen-bond donors (Lipinski definition) is 0. The number of aryl methyl sites for hydroxylation is 2. The van der Waals surface area contributed by atoms with Gasteiger partial charge in [0.2, 0.25) is 0 Å². The van der Waals surface area contributed by atoms with Crippen molar-refractivity contribution >= 4 is 10.9 Å². The summed E-state index contributed by atoms with van der Waals surface area (Å²) in [6.07, 6.45) is 5.00. The molecule has 0 aliphatic heterocycles. The molecule has 0 aliphatic carbocycles. The van der Waals surface area contributed by atoms with Crippen molar-refractivity contribution in [1.29, 1.82) is 0 Å². The molecule has 2 rings (SSSR count). The quantitative estimate of drug-likeness (QED) is 0.625. The maximum Gasteiger partial charge on any atom is 0.0664 e. The van der Waals surface area contributed by atoms with Gasteiger partial charge >= 0.3 is 0 Å². The molecule has 2 heterocycles. The Hall–Kier alpha value is -1.31. The third kappa shape index (κ3) is 0.998. The van der Waals surface area contributed by atoms with E-state index in [1.807, 2.05) is 13.2 Å². The molecule has 0 aromatic carbocycles. The minimum Gasteiger partial charge on any atom is -0.349 e. The zero-order valence-electron chi connectivity index (χ0n) is 7.41. The Morgan fingerprint density at radius 1 is 1.50 bits per heavy atom. The molecular formula is C10H12N2. The third-order valence-electron chi connectivity index (χ3n) is 2.19. The molecule has 62 valence electrons. The Bertz CT molecular complexity index is 401. The van der Waals surface area contributed by atoms with E-state index in [0.717, 1.165) is 12.1 Å². The second kappa shape index (κ2) is 2.63. The standard InChI is InChI=1S/C10H12N2/c1-3-9-6-8-4-5-12(2)10(8)7-11-9/h4-7H,3H2,1-2H3. The smallest absolute Gasteiger partial charge is 0.0664 e. The second-order valence-electron chi connectivity index (χ2n) is 3.01. The number of hydrogen-bond acceptors (Lipinski definition) is 1. The molecule has 2 heteroatoms. The fourth-order valence-electron chi connectivity index (χ4n) is 1.40. The molecule has 0 radical (unpaired) electrons. The van der Waals surface area contributed by atoms with Crippen LogP contribution in [-0.2, 0) is 13.5 Å². The molecule has 0 bridgehead atoms. The summed E-state index contributed by atoms with van der Waals surface area (Å²) in [5.41, 5.74) is 2.36. The SMILES string of the molecule is CCc1cc2ccn(C)c2cn1. The summed E-state index contributed by atoms with van der Waals surface area (Å²) < 4.78 is 2.09. The van der Waals surface area contributed by atoms with Crippen molar-refractivity contribution < 1.29 is 0 Å². The molecule has 2 aromatic rings. The molecule has 2 nitrogen and oxygen atoms in total. The van der Waals surface area contributed by atoms with E-state index in [4.69, 9.17) is 0 Å². The highest BCUT2D eigenvalue weighted by atomic mass is 14.9. The first kappa shape index (κ1) is 7.35. The van der Waals surface area contributed by atoms with Crippen LogP contribution >= 0.6 is 0 Å². The van der Waals surface area contributed by atoms with Crippen LogP contribution in [0.15, 0.2) is 24.5 Å².